The van der Waals surface area contributed by atoms with Gasteiger partial charge in [0.1, 0.15) is 0 Å². The molecule has 3 aromatic heterocycles. The van der Waals surface area contributed by atoms with Crippen molar-refractivity contribution >= 4 is 0 Å². The molecule has 7 heteroatoms. The van der Waals surface area contributed by atoms with Crippen LogP contribution in [0.2, 0.25) is 0 Å². The van der Waals surface area contributed by atoms with Crippen LogP contribution in [0.4, 0.5) is 0 Å². The summed E-state index contributed by atoms with van der Waals surface area (Å²) in [5.41, 5.74) is 42.6. The predicted molar refractivity (Wildman–Crippen MR) is 452 cm³/mol. The average molecular weight is 1620 g/mol. The van der Waals surface area contributed by atoms with Crippen LogP contribution in [0.15, 0.2) is 255 Å². The van der Waals surface area contributed by atoms with Gasteiger partial charge in [-0.25, -0.2) is 0 Å². The van der Waals surface area contributed by atoms with Gasteiger partial charge in [-0.2, -0.15) is 51.7 Å². The average Bonchev–Trinajstić information content (AvgIpc) is 1.60. The van der Waals surface area contributed by atoms with Crippen LogP contribution in [0.3, 0.4) is 0 Å². The normalized spacial score (nSPS) is 13.8. The minimum atomic E-state index is -0.500. The second kappa shape index (κ2) is 28.0. The molecule has 0 bridgehead atoms. The van der Waals surface area contributed by atoms with Crippen LogP contribution in [0.5, 0.6) is 0 Å². The predicted octanol–water partition coefficient (Wildman–Crippen LogP) is 24.1. The number of hydrogen-bond donors (Lipinski definition) is 0. The number of aryl methyl sites for hydroxylation is 12. The summed E-state index contributed by atoms with van der Waals surface area (Å²) < 4.78 is 6.48. The van der Waals surface area contributed by atoms with Gasteiger partial charge in [0.25, 0.3) is 0 Å². The molecule has 0 fully saturated rings. The molecule has 3 aliphatic carbocycles. The van der Waals surface area contributed by atoms with Gasteiger partial charge in [-0.1, -0.05) is 258 Å². The van der Waals surface area contributed by atoms with Crippen molar-refractivity contribution in [3.05, 3.63) is 390 Å². The number of aromatic nitrogens is 6. The third-order valence-electron chi connectivity index (χ3n) is 25.3. The largest absolute Gasteiger partial charge is 3.00 e. The molecule has 0 radical (unpaired) electrons. The van der Waals surface area contributed by atoms with E-state index in [1.165, 1.54) is 150 Å². The standard InChI is InChI=1S/C104H93N6.Ir/c1-65-23-20-24-66(2)98(65)95-59-77(105-108(95)80-53-56-86-83-29-14-17-32-89(83)101(7,8)92(86)62-80)50-41-71-35-44-74(45-36-71)104(13,75-46-37-72(38-47-75)42-51-78-60-96(99-67(3)25-21-26-68(99)4)109(106-78)81-54-57-87-84-30-15-18-33-90(84)102(9,10)93(87)63-81)76-48-39-73(40-49-76)43-52-79-61-97(100-69(5)27-22-28-70(100)6)110(107-79)82-55-58-88-85-31-16-19-34-91(85)103(11,12)94(88)64-82;/h14-40,44-49,56-64H,41-43,50-52H2,1-13H3;/q-3;+3. The van der Waals surface area contributed by atoms with Crippen molar-refractivity contribution in [2.45, 2.75) is 150 Å². The van der Waals surface area contributed by atoms with E-state index in [-0.39, 0.29) is 36.4 Å². The van der Waals surface area contributed by atoms with Gasteiger partial charge in [0.05, 0.1) is 34.2 Å². The maximum Gasteiger partial charge on any atom is 3.00 e. The van der Waals surface area contributed by atoms with Gasteiger partial charge in [0.15, 0.2) is 0 Å². The molecule has 0 N–H and O–H groups in total. The quantitative estimate of drug-likeness (QED) is 0.0635. The first kappa shape index (κ1) is 72.8. The van der Waals surface area contributed by atoms with E-state index in [0.717, 1.165) is 89.8 Å². The summed E-state index contributed by atoms with van der Waals surface area (Å²) in [5, 5.41) is 16.4. The molecule has 3 aliphatic rings. The molecule has 18 rings (SSSR count). The maximum absolute atomic E-state index is 5.47. The molecule has 548 valence electrons. The zero-order valence-electron chi connectivity index (χ0n) is 66.0. The van der Waals surface area contributed by atoms with Crippen LogP contribution in [0, 0.1) is 59.7 Å². The smallest absolute Gasteiger partial charge is 0.257 e. The monoisotopic (exact) mass is 1620 g/mol. The summed E-state index contributed by atoms with van der Waals surface area (Å²) >= 11 is 0. The molecular formula is C104H93IrN6. The zero-order valence-corrected chi connectivity index (χ0v) is 68.4. The van der Waals surface area contributed by atoms with E-state index in [0.29, 0.717) is 0 Å². The molecule has 0 spiro atoms. The van der Waals surface area contributed by atoms with Crippen LogP contribution in [0.1, 0.15) is 166 Å². The first-order valence-electron chi connectivity index (χ1n) is 39.4. The maximum atomic E-state index is 5.47. The molecule has 0 atom stereocenters. The Morgan fingerprint density at radius 3 is 0.802 bits per heavy atom. The van der Waals surface area contributed by atoms with Gasteiger partial charge < -0.3 is 0 Å². The van der Waals surface area contributed by atoms with Gasteiger partial charge in [-0.15, -0.1) is 51.6 Å². The molecule has 0 saturated heterocycles. The number of fused-ring (bicyclic) bond motifs is 9. The molecule has 111 heavy (non-hydrogen) atoms. The van der Waals surface area contributed by atoms with Crippen molar-refractivity contribution in [2.24, 2.45) is 0 Å². The minimum absolute atomic E-state index is 0. The van der Waals surface area contributed by atoms with Crippen LogP contribution in [0.25, 0.3) is 84.2 Å². The Labute approximate surface area is 669 Å². The van der Waals surface area contributed by atoms with Crippen LogP contribution < -0.4 is 0 Å². The van der Waals surface area contributed by atoms with E-state index < -0.39 is 5.41 Å². The third kappa shape index (κ3) is 12.4. The van der Waals surface area contributed by atoms with Gasteiger partial charge in [0.2, 0.25) is 0 Å². The Balaban J connectivity index is 0.00000896. The van der Waals surface area contributed by atoms with Gasteiger partial charge in [-0.05, 0) is 222 Å². The second-order valence-electron chi connectivity index (χ2n) is 33.3. The van der Waals surface area contributed by atoms with Gasteiger partial charge >= 0.3 is 20.1 Å². The summed E-state index contributed by atoms with van der Waals surface area (Å²) in [6.45, 7) is 29.8. The minimum Gasteiger partial charge on any atom is -0.257 e. The van der Waals surface area contributed by atoms with Crippen molar-refractivity contribution in [2.75, 3.05) is 0 Å². The van der Waals surface area contributed by atoms with E-state index in [2.05, 4.69) is 377 Å². The van der Waals surface area contributed by atoms with Gasteiger partial charge in [0, 0.05) is 22.1 Å². The Morgan fingerprint density at radius 2 is 0.541 bits per heavy atom. The van der Waals surface area contributed by atoms with Crippen molar-refractivity contribution in [3.8, 4) is 84.2 Å². The first-order chi connectivity index (χ1) is 53.1. The number of hydrogen-bond acceptors (Lipinski definition) is 3. The zero-order chi connectivity index (χ0) is 75.7. The van der Waals surface area contributed by atoms with Crippen LogP contribution in [-0.4, -0.2) is 29.3 Å². The summed E-state index contributed by atoms with van der Waals surface area (Å²) in [6, 6.07) is 106. The molecular weight excluding hydrogens is 1530 g/mol. The molecule has 12 aromatic carbocycles. The fourth-order valence-corrected chi connectivity index (χ4v) is 19.0. The fraction of sp³-hybridized carbons (Fsp3) is 0.221. The molecule has 0 aliphatic heterocycles. The molecule has 0 unspecified atom stereocenters. The summed E-state index contributed by atoms with van der Waals surface area (Å²) in [5.74, 6) is 0. The Bertz CT molecular complexity index is 5490. The van der Waals surface area contributed by atoms with E-state index in [1.54, 1.807) is 0 Å². The molecule has 0 amide bonds. The van der Waals surface area contributed by atoms with Crippen molar-refractivity contribution in [1.29, 1.82) is 0 Å². The molecule has 15 aromatic rings. The Kier molecular flexibility index (Phi) is 18.4. The number of rotatable bonds is 18. The number of benzene rings is 12. The summed E-state index contributed by atoms with van der Waals surface area (Å²) in [6.07, 6.45) is 4.87. The van der Waals surface area contributed by atoms with Crippen molar-refractivity contribution in [1.82, 2.24) is 29.3 Å². The summed E-state index contributed by atoms with van der Waals surface area (Å²) in [4.78, 5) is 0. The number of nitrogens with zero attached hydrogens (tertiary/aromatic N) is 6. The van der Waals surface area contributed by atoms with Crippen molar-refractivity contribution in [3.63, 3.8) is 0 Å². The first-order valence-corrected chi connectivity index (χ1v) is 39.4. The van der Waals surface area contributed by atoms with E-state index in [9.17, 15) is 0 Å². The Morgan fingerprint density at radius 1 is 0.288 bits per heavy atom. The van der Waals surface area contributed by atoms with Crippen LogP contribution in [-0.2, 0) is 80.3 Å². The van der Waals surface area contributed by atoms with E-state index in [1.807, 2.05) is 0 Å². The topological polar surface area (TPSA) is 53.5 Å². The fourth-order valence-electron chi connectivity index (χ4n) is 19.0. The molecule has 3 heterocycles. The van der Waals surface area contributed by atoms with E-state index >= 15 is 0 Å². The SMILES string of the molecule is Cc1cccc(C)c1-c1cc(CCc2ccc(C(C)(c3ccc(CCc4cc(-c5c(C)cccc5C)n(-c5[c-]cc6c(c5)C(C)(C)c5ccccc5-6)n4)cc3)c3ccc(CCc4cc(-c5c(C)cccc5C)n(-c5[c-]cc6c(c5)C(C)(C)c5ccccc5-6)n4)cc3)cc2)nn1-c1[c-]cc2c(c1)C(C)(C)c1ccccc1-2.[Ir+3]. The summed E-state index contributed by atoms with van der Waals surface area (Å²) in [7, 11) is 0. The van der Waals surface area contributed by atoms with Gasteiger partial charge in [-0.3, -0.25) is 14.0 Å². The molecule has 0 saturated carbocycles. The third-order valence-corrected chi connectivity index (χ3v) is 25.3. The van der Waals surface area contributed by atoms with Crippen LogP contribution >= 0.6 is 0 Å². The molecule has 6 nitrogen and oxygen atoms in total. The van der Waals surface area contributed by atoms with E-state index in [4.69, 9.17) is 15.3 Å². The van der Waals surface area contributed by atoms with Crippen molar-refractivity contribution < 1.29 is 20.1 Å². The Hall–Kier alpha value is -11.1. The second-order valence-corrected chi connectivity index (χ2v) is 33.3.